The highest BCUT2D eigenvalue weighted by Gasteiger charge is 2.09. The lowest BCUT2D eigenvalue weighted by Gasteiger charge is -2.03. The summed E-state index contributed by atoms with van der Waals surface area (Å²) in [6.45, 7) is 2.48. The number of nitrogens with zero attached hydrogens (tertiary/aromatic N) is 2. The van der Waals surface area contributed by atoms with Gasteiger partial charge in [-0.3, -0.25) is 4.79 Å². The minimum Gasteiger partial charge on any atom is -0.497 e. The predicted octanol–water partition coefficient (Wildman–Crippen LogP) is 3.83. The van der Waals surface area contributed by atoms with E-state index in [1.54, 1.807) is 29.8 Å². The van der Waals surface area contributed by atoms with Gasteiger partial charge in [0.25, 0.3) is 0 Å². The van der Waals surface area contributed by atoms with Crippen molar-refractivity contribution in [1.29, 1.82) is 0 Å². The number of hydrogen-bond acceptors (Lipinski definition) is 6. The average Bonchev–Trinajstić information content (AvgIpc) is 3.27. The van der Waals surface area contributed by atoms with Crippen molar-refractivity contribution in [3.8, 4) is 16.3 Å². The van der Waals surface area contributed by atoms with E-state index < -0.39 is 0 Å². The van der Waals surface area contributed by atoms with Gasteiger partial charge in [0, 0.05) is 27.9 Å². The van der Waals surface area contributed by atoms with Gasteiger partial charge in [0.05, 0.1) is 24.9 Å². The van der Waals surface area contributed by atoms with Gasteiger partial charge in [-0.25, -0.2) is 9.97 Å². The van der Waals surface area contributed by atoms with E-state index in [1.165, 1.54) is 4.88 Å². The van der Waals surface area contributed by atoms with Gasteiger partial charge in [0.2, 0.25) is 5.91 Å². The maximum atomic E-state index is 12.0. The molecule has 0 saturated carbocycles. The number of methoxy groups -OCH3 is 1. The molecule has 0 spiro atoms. The Balaban J connectivity index is 1.53. The van der Waals surface area contributed by atoms with Crippen LogP contribution in [0.2, 0.25) is 0 Å². The van der Waals surface area contributed by atoms with Crippen molar-refractivity contribution in [2.24, 2.45) is 0 Å². The monoisotopic (exact) mass is 373 g/mol. The third-order valence-corrected chi connectivity index (χ3v) is 5.80. The van der Waals surface area contributed by atoms with Crippen LogP contribution in [-0.2, 0) is 17.8 Å². The van der Waals surface area contributed by atoms with Crippen molar-refractivity contribution < 1.29 is 9.53 Å². The Morgan fingerprint density at radius 3 is 2.96 bits per heavy atom. The average molecular weight is 374 g/mol. The summed E-state index contributed by atoms with van der Waals surface area (Å²) in [6, 6.07) is 7.81. The zero-order chi connectivity index (χ0) is 17.6. The quantitative estimate of drug-likeness (QED) is 0.683. The predicted molar refractivity (Wildman–Crippen MR) is 101 cm³/mol. The molecule has 0 bridgehead atoms. The molecule has 0 saturated heterocycles. The molecule has 0 atom stereocenters. The molecule has 1 amide bonds. The van der Waals surface area contributed by atoms with Crippen LogP contribution in [0.1, 0.15) is 21.9 Å². The van der Waals surface area contributed by atoms with E-state index in [0.717, 1.165) is 33.3 Å². The number of hydrogen-bond donors (Lipinski definition) is 1. The van der Waals surface area contributed by atoms with E-state index >= 15 is 0 Å². The van der Waals surface area contributed by atoms with Crippen molar-refractivity contribution in [2.45, 2.75) is 26.3 Å². The molecule has 3 aromatic rings. The van der Waals surface area contributed by atoms with E-state index in [2.05, 4.69) is 15.3 Å². The number of carbonyl (C=O) groups is 1. The second-order valence-electron chi connectivity index (χ2n) is 5.50. The minimum atomic E-state index is 0.0455. The maximum absolute atomic E-state index is 12.0. The summed E-state index contributed by atoms with van der Waals surface area (Å²) in [6.07, 6.45) is 3.03. The first-order valence-electron chi connectivity index (χ1n) is 7.90. The molecule has 0 aliphatic carbocycles. The topological polar surface area (TPSA) is 64.1 Å². The molecular formula is C18H19N3O2S2. The van der Waals surface area contributed by atoms with Gasteiger partial charge in [-0.1, -0.05) is 12.1 Å². The zero-order valence-corrected chi connectivity index (χ0v) is 15.7. The number of thiazole rings is 2. The zero-order valence-electron chi connectivity index (χ0n) is 14.1. The smallest absolute Gasteiger partial charge is 0.220 e. The first-order chi connectivity index (χ1) is 12.2. The molecule has 0 aliphatic rings. The first-order valence-corrected chi connectivity index (χ1v) is 9.60. The molecule has 130 valence electrons. The van der Waals surface area contributed by atoms with E-state index in [9.17, 15) is 4.79 Å². The third kappa shape index (κ3) is 4.64. The van der Waals surface area contributed by atoms with E-state index in [0.29, 0.717) is 13.0 Å². The van der Waals surface area contributed by atoms with Gasteiger partial charge < -0.3 is 10.1 Å². The molecule has 1 N–H and O–H groups in total. The first kappa shape index (κ1) is 17.6. The van der Waals surface area contributed by atoms with Crippen LogP contribution in [0.5, 0.6) is 5.75 Å². The Morgan fingerprint density at radius 2 is 2.20 bits per heavy atom. The largest absolute Gasteiger partial charge is 0.497 e. The summed E-state index contributed by atoms with van der Waals surface area (Å²) in [5.74, 6) is 0.852. The Hall–Kier alpha value is -2.25. The number of amides is 1. The summed E-state index contributed by atoms with van der Waals surface area (Å²) in [7, 11) is 1.65. The fourth-order valence-corrected chi connectivity index (χ4v) is 3.98. The van der Waals surface area contributed by atoms with Crippen LogP contribution in [0.3, 0.4) is 0 Å². The summed E-state index contributed by atoms with van der Waals surface area (Å²) in [5, 5.41) is 3.88. The number of ether oxygens (including phenoxy) is 1. The molecular weight excluding hydrogens is 354 g/mol. The van der Waals surface area contributed by atoms with Crippen LogP contribution < -0.4 is 10.1 Å². The van der Waals surface area contributed by atoms with Crippen molar-refractivity contribution in [3.63, 3.8) is 0 Å². The molecule has 2 aromatic heterocycles. The highest BCUT2D eigenvalue weighted by molar-refractivity contribution is 7.15. The Labute approximate surface area is 154 Å². The lowest BCUT2D eigenvalue weighted by molar-refractivity contribution is -0.121. The fourth-order valence-electron chi connectivity index (χ4n) is 2.35. The highest BCUT2D eigenvalue weighted by atomic mass is 32.1. The minimum absolute atomic E-state index is 0.0455. The molecule has 0 fully saturated rings. The summed E-state index contributed by atoms with van der Waals surface area (Å²) in [5.41, 5.74) is 3.85. The molecule has 3 rings (SSSR count). The van der Waals surface area contributed by atoms with Crippen LogP contribution >= 0.6 is 22.7 Å². The third-order valence-electron chi connectivity index (χ3n) is 3.75. The SMILES string of the molecule is COc1cccc(-c2ncc(CNC(=O)CCc3scnc3C)s2)c1. The van der Waals surface area contributed by atoms with Crippen LogP contribution in [0.25, 0.3) is 10.6 Å². The van der Waals surface area contributed by atoms with Crippen LogP contribution in [0.15, 0.2) is 36.0 Å². The van der Waals surface area contributed by atoms with Crippen LogP contribution in [0.4, 0.5) is 0 Å². The Bertz CT molecular complexity index is 857. The molecule has 5 nitrogen and oxygen atoms in total. The van der Waals surface area contributed by atoms with Crippen molar-refractivity contribution in [1.82, 2.24) is 15.3 Å². The van der Waals surface area contributed by atoms with Gasteiger partial charge in [-0.15, -0.1) is 22.7 Å². The molecule has 2 heterocycles. The number of aromatic nitrogens is 2. The van der Waals surface area contributed by atoms with E-state index in [-0.39, 0.29) is 5.91 Å². The van der Waals surface area contributed by atoms with Crippen molar-refractivity contribution in [3.05, 3.63) is 51.4 Å². The van der Waals surface area contributed by atoms with Crippen molar-refractivity contribution >= 4 is 28.6 Å². The van der Waals surface area contributed by atoms with Crippen molar-refractivity contribution in [2.75, 3.05) is 7.11 Å². The standard InChI is InChI=1S/C18H19N3O2S2/c1-12-16(24-11-21-12)6-7-17(22)19-9-15-10-20-18(25-15)13-4-3-5-14(8-13)23-2/h3-5,8,10-11H,6-7,9H2,1-2H3,(H,19,22). The molecule has 1 aromatic carbocycles. The van der Waals surface area contributed by atoms with Gasteiger partial charge in [0.1, 0.15) is 10.8 Å². The number of nitrogens with one attached hydrogen (secondary N) is 1. The summed E-state index contributed by atoms with van der Waals surface area (Å²) < 4.78 is 5.24. The number of aryl methyl sites for hydroxylation is 2. The summed E-state index contributed by atoms with van der Waals surface area (Å²) >= 11 is 3.18. The normalized spacial score (nSPS) is 10.6. The highest BCUT2D eigenvalue weighted by Crippen LogP contribution is 2.27. The van der Waals surface area contributed by atoms with Gasteiger partial charge in [-0.05, 0) is 25.5 Å². The van der Waals surface area contributed by atoms with Crippen LogP contribution in [-0.4, -0.2) is 23.0 Å². The molecule has 25 heavy (non-hydrogen) atoms. The van der Waals surface area contributed by atoms with Crippen LogP contribution in [0, 0.1) is 6.92 Å². The van der Waals surface area contributed by atoms with Gasteiger partial charge in [-0.2, -0.15) is 0 Å². The molecule has 0 radical (unpaired) electrons. The number of rotatable bonds is 7. The number of benzene rings is 1. The van der Waals surface area contributed by atoms with Gasteiger partial charge in [0.15, 0.2) is 0 Å². The maximum Gasteiger partial charge on any atom is 0.220 e. The second kappa shape index (κ2) is 8.22. The Morgan fingerprint density at radius 1 is 1.32 bits per heavy atom. The summed E-state index contributed by atoms with van der Waals surface area (Å²) in [4.78, 5) is 22.9. The fraction of sp³-hybridized carbons (Fsp3) is 0.278. The lowest BCUT2D eigenvalue weighted by Crippen LogP contribution is -2.22. The Kier molecular flexibility index (Phi) is 5.78. The van der Waals surface area contributed by atoms with E-state index in [1.807, 2.05) is 42.9 Å². The molecule has 7 heteroatoms. The molecule has 0 unspecified atom stereocenters. The van der Waals surface area contributed by atoms with E-state index in [4.69, 9.17) is 4.74 Å². The number of carbonyl (C=O) groups excluding carboxylic acids is 1. The lowest BCUT2D eigenvalue weighted by atomic mass is 10.2. The molecule has 0 aliphatic heterocycles. The second-order valence-corrected chi connectivity index (χ2v) is 7.56. The van der Waals surface area contributed by atoms with Gasteiger partial charge >= 0.3 is 0 Å².